The molecular formula is C13H21N3O3. The van der Waals surface area contributed by atoms with Crippen molar-refractivity contribution < 1.29 is 9.66 Å². The van der Waals surface area contributed by atoms with Gasteiger partial charge in [0.05, 0.1) is 17.6 Å². The predicted molar refractivity (Wildman–Crippen MR) is 74.9 cm³/mol. The van der Waals surface area contributed by atoms with Gasteiger partial charge in [0.1, 0.15) is 5.69 Å². The number of ether oxygens (including phenoxy) is 1. The number of benzene rings is 1. The van der Waals surface area contributed by atoms with E-state index >= 15 is 0 Å². The summed E-state index contributed by atoms with van der Waals surface area (Å²) >= 11 is 0. The Kier molecular flexibility index (Phi) is 5.72. The maximum atomic E-state index is 10.7. The molecule has 0 fully saturated rings. The number of nitro benzene ring substituents is 1. The summed E-state index contributed by atoms with van der Waals surface area (Å²) in [6, 6.07) is 4.83. The number of nitrogens with zero attached hydrogens (tertiary/aromatic N) is 2. The Labute approximate surface area is 113 Å². The lowest BCUT2D eigenvalue weighted by atomic mass is 10.1. The van der Waals surface area contributed by atoms with Crippen molar-refractivity contribution in [3.63, 3.8) is 0 Å². The molecule has 0 aromatic heterocycles. The van der Waals surface area contributed by atoms with Gasteiger partial charge in [0, 0.05) is 19.2 Å². The minimum Gasteiger partial charge on any atom is -0.393 e. The van der Waals surface area contributed by atoms with E-state index in [1.54, 1.807) is 12.1 Å². The molecule has 0 aliphatic rings. The first-order chi connectivity index (χ1) is 8.90. The van der Waals surface area contributed by atoms with E-state index in [2.05, 4.69) is 4.90 Å². The summed E-state index contributed by atoms with van der Waals surface area (Å²) in [5, 5.41) is 10.7. The first kappa shape index (κ1) is 15.4. The number of hydrogen-bond donors (Lipinski definition) is 1. The molecule has 6 nitrogen and oxygen atoms in total. The van der Waals surface area contributed by atoms with Crippen LogP contribution in [-0.2, 0) is 11.3 Å². The van der Waals surface area contributed by atoms with Crippen molar-refractivity contribution in [3.8, 4) is 0 Å². The van der Waals surface area contributed by atoms with Gasteiger partial charge in [-0.1, -0.05) is 6.07 Å². The van der Waals surface area contributed by atoms with Gasteiger partial charge in [0.25, 0.3) is 5.69 Å². The van der Waals surface area contributed by atoms with Crippen LogP contribution in [0.1, 0.15) is 19.4 Å². The summed E-state index contributed by atoms with van der Waals surface area (Å²) in [6.45, 7) is 6.14. The van der Waals surface area contributed by atoms with E-state index in [-0.39, 0.29) is 17.5 Å². The molecule has 0 spiro atoms. The van der Waals surface area contributed by atoms with Gasteiger partial charge in [-0.25, -0.2) is 0 Å². The Hall–Kier alpha value is -1.66. The summed E-state index contributed by atoms with van der Waals surface area (Å²) in [4.78, 5) is 12.3. The molecule has 0 bridgehead atoms. The first-order valence-corrected chi connectivity index (χ1v) is 6.23. The fourth-order valence-electron chi connectivity index (χ4n) is 1.70. The number of nitro groups is 1. The molecule has 1 aromatic rings. The first-order valence-electron chi connectivity index (χ1n) is 6.23. The van der Waals surface area contributed by atoms with Crippen LogP contribution in [0.3, 0.4) is 0 Å². The largest absolute Gasteiger partial charge is 0.393 e. The van der Waals surface area contributed by atoms with Crippen molar-refractivity contribution >= 4 is 11.4 Å². The highest BCUT2D eigenvalue weighted by atomic mass is 16.6. The second-order valence-corrected chi connectivity index (χ2v) is 4.81. The minimum atomic E-state index is -0.473. The standard InChI is InChI=1S/C13H21N3O3/c1-10(2)19-7-6-15(3)9-11-4-5-13(16(17)18)12(14)8-11/h4-5,8,10H,6-7,9,14H2,1-3H3. The van der Waals surface area contributed by atoms with Crippen LogP contribution in [0.15, 0.2) is 18.2 Å². The number of rotatable bonds is 7. The zero-order valence-electron chi connectivity index (χ0n) is 11.6. The van der Waals surface area contributed by atoms with Crippen LogP contribution in [0.2, 0.25) is 0 Å². The van der Waals surface area contributed by atoms with Crippen molar-refractivity contribution in [1.82, 2.24) is 4.90 Å². The van der Waals surface area contributed by atoms with Crippen molar-refractivity contribution in [2.75, 3.05) is 25.9 Å². The molecule has 0 aliphatic heterocycles. The second-order valence-electron chi connectivity index (χ2n) is 4.81. The molecule has 106 valence electrons. The number of hydrogen-bond acceptors (Lipinski definition) is 5. The van der Waals surface area contributed by atoms with Gasteiger partial charge in [-0.3, -0.25) is 15.0 Å². The lowest BCUT2D eigenvalue weighted by molar-refractivity contribution is -0.383. The van der Waals surface area contributed by atoms with Gasteiger partial charge >= 0.3 is 0 Å². The lowest BCUT2D eigenvalue weighted by Crippen LogP contribution is -2.24. The minimum absolute atomic E-state index is 0.0467. The van der Waals surface area contributed by atoms with Crippen LogP contribution >= 0.6 is 0 Å². The Balaban J connectivity index is 2.53. The van der Waals surface area contributed by atoms with Gasteiger partial charge in [0.2, 0.25) is 0 Å². The molecule has 6 heteroatoms. The molecule has 2 N–H and O–H groups in total. The Morgan fingerprint density at radius 1 is 1.47 bits per heavy atom. The Morgan fingerprint density at radius 2 is 2.16 bits per heavy atom. The smallest absolute Gasteiger partial charge is 0.292 e. The average molecular weight is 267 g/mol. The molecule has 0 amide bonds. The summed E-state index contributed by atoms with van der Waals surface area (Å²) in [5.74, 6) is 0. The number of likely N-dealkylation sites (N-methyl/N-ethyl adjacent to an activating group) is 1. The van der Waals surface area contributed by atoms with Gasteiger partial charge < -0.3 is 10.5 Å². The SMILES string of the molecule is CC(C)OCCN(C)Cc1ccc([N+](=O)[O-])c(N)c1. The van der Waals surface area contributed by atoms with E-state index in [4.69, 9.17) is 10.5 Å². The molecule has 0 saturated carbocycles. The number of nitrogen functional groups attached to an aromatic ring is 1. The second kappa shape index (κ2) is 7.06. The Morgan fingerprint density at radius 3 is 2.68 bits per heavy atom. The van der Waals surface area contributed by atoms with Gasteiger partial charge in [-0.05, 0) is 32.5 Å². The molecule has 0 saturated heterocycles. The highest BCUT2D eigenvalue weighted by molar-refractivity contribution is 5.59. The zero-order chi connectivity index (χ0) is 14.4. The Bertz CT molecular complexity index is 435. The molecule has 0 heterocycles. The molecule has 0 aliphatic carbocycles. The maximum Gasteiger partial charge on any atom is 0.292 e. The van der Waals surface area contributed by atoms with Gasteiger partial charge in [0.15, 0.2) is 0 Å². The number of nitrogens with two attached hydrogens (primary N) is 1. The van der Waals surface area contributed by atoms with Crippen molar-refractivity contribution in [1.29, 1.82) is 0 Å². The van der Waals surface area contributed by atoms with E-state index < -0.39 is 4.92 Å². The molecule has 0 atom stereocenters. The van der Waals surface area contributed by atoms with Crippen molar-refractivity contribution in [2.45, 2.75) is 26.5 Å². The van der Waals surface area contributed by atoms with Crippen LogP contribution in [0.5, 0.6) is 0 Å². The van der Waals surface area contributed by atoms with E-state index in [1.807, 2.05) is 20.9 Å². The van der Waals surface area contributed by atoms with Crippen LogP contribution in [0.25, 0.3) is 0 Å². The summed E-state index contributed by atoms with van der Waals surface area (Å²) in [7, 11) is 1.97. The normalized spacial score (nSPS) is 11.2. The lowest BCUT2D eigenvalue weighted by Gasteiger charge is -2.17. The predicted octanol–water partition coefficient (Wildman–Crippen LogP) is 2.03. The quantitative estimate of drug-likeness (QED) is 0.464. The highest BCUT2D eigenvalue weighted by Crippen LogP contribution is 2.22. The molecule has 19 heavy (non-hydrogen) atoms. The van der Waals surface area contributed by atoms with Gasteiger partial charge in [-0.2, -0.15) is 0 Å². The fraction of sp³-hybridized carbons (Fsp3) is 0.538. The fourth-order valence-corrected chi connectivity index (χ4v) is 1.70. The van der Waals surface area contributed by atoms with Crippen LogP contribution < -0.4 is 5.73 Å². The van der Waals surface area contributed by atoms with Crippen LogP contribution in [0.4, 0.5) is 11.4 Å². The number of anilines is 1. The van der Waals surface area contributed by atoms with E-state index in [9.17, 15) is 10.1 Å². The van der Waals surface area contributed by atoms with E-state index in [1.165, 1.54) is 6.07 Å². The molecule has 0 unspecified atom stereocenters. The summed E-state index contributed by atoms with van der Waals surface area (Å²) in [6.07, 6.45) is 0.225. The van der Waals surface area contributed by atoms with Crippen molar-refractivity contribution in [2.24, 2.45) is 0 Å². The molecule has 1 rings (SSSR count). The monoisotopic (exact) mass is 267 g/mol. The maximum absolute atomic E-state index is 10.7. The van der Waals surface area contributed by atoms with Gasteiger partial charge in [-0.15, -0.1) is 0 Å². The van der Waals surface area contributed by atoms with Crippen LogP contribution in [0, 0.1) is 10.1 Å². The summed E-state index contributed by atoms with van der Waals surface area (Å²) in [5.41, 5.74) is 6.76. The van der Waals surface area contributed by atoms with E-state index in [0.29, 0.717) is 13.2 Å². The third-order valence-corrected chi connectivity index (χ3v) is 2.67. The average Bonchev–Trinajstić information content (AvgIpc) is 2.27. The highest BCUT2D eigenvalue weighted by Gasteiger charge is 2.11. The third-order valence-electron chi connectivity index (χ3n) is 2.67. The van der Waals surface area contributed by atoms with E-state index in [0.717, 1.165) is 12.1 Å². The van der Waals surface area contributed by atoms with Crippen LogP contribution in [-0.4, -0.2) is 36.1 Å². The molecule has 1 aromatic carbocycles. The molecule has 0 radical (unpaired) electrons. The third kappa shape index (κ3) is 5.23. The topological polar surface area (TPSA) is 81.6 Å². The molecular weight excluding hydrogens is 246 g/mol. The van der Waals surface area contributed by atoms with Crippen molar-refractivity contribution in [3.05, 3.63) is 33.9 Å². The summed E-state index contributed by atoms with van der Waals surface area (Å²) < 4.78 is 5.47. The zero-order valence-corrected chi connectivity index (χ0v) is 11.6.